The minimum atomic E-state index is 0.189. The van der Waals surface area contributed by atoms with Crippen molar-refractivity contribution >= 4 is 5.57 Å². The summed E-state index contributed by atoms with van der Waals surface area (Å²) in [5.74, 6) is 0.689. The van der Waals surface area contributed by atoms with Crippen molar-refractivity contribution in [2.45, 2.75) is 20.3 Å². The second-order valence-corrected chi connectivity index (χ2v) is 3.32. The summed E-state index contributed by atoms with van der Waals surface area (Å²) in [4.78, 5) is 0. The molecule has 0 spiro atoms. The Balaban J connectivity index is 3.32. The highest BCUT2D eigenvalue weighted by atomic mass is 16.5. The lowest BCUT2D eigenvalue weighted by Gasteiger charge is -2.11. The third-order valence-corrected chi connectivity index (χ3v) is 2.25. The first kappa shape index (κ1) is 10.6. The lowest BCUT2D eigenvalue weighted by Crippen LogP contribution is -1.92. The van der Waals surface area contributed by atoms with Gasteiger partial charge in [0.25, 0.3) is 0 Å². The molecule has 0 bridgehead atoms. The van der Waals surface area contributed by atoms with Crippen molar-refractivity contribution in [1.29, 1.82) is 0 Å². The molecule has 1 aromatic rings. The first-order chi connectivity index (χ1) is 6.60. The van der Waals surface area contributed by atoms with Crippen molar-refractivity contribution in [2.24, 2.45) is 0 Å². The SMILES string of the molecule is C=C(C)c1cc(OC)c(O)cc1CC. The summed E-state index contributed by atoms with van der Waals surface area (Å²) < 4.78 is 5.04. The Morgan fingerprint density at radius 1 is 1.50 bits per heavy atom. The highest BCUT2D eigenvalue weighted by Crippen LogP contribution is 2.32. The van der Waals surface area contributed by atoms with Crippen LogP contribution in [0.3, 0.4) is 0 Å². The molecule has 0 radical (unpaired) electrons. The summed E-state index contributed by atoms with van der Waals surface area (Å²) in [6.07, 6.45) is 0.875. The minimum absolute atomic E-state index is 0.189. The molecule has 0 heterocycles. The molecule has 0 atom stereocenters. The van der Waals surface area contributed by atoms with Crippen LogP contribution in [0.4, 0.5) is 0 Å². The molecule has 0 aliphatic heterocycles. The predicted octanol–water partition coefficient (Wildman–Crippen LogP) is 3.00. The van der Waals surface area contributed by atoms with E-state index in [1.54, 1.807) is 13.2 Å². The van der Waals surface area contributed by atoms with Gasteiger partial charge in [0.05, 0.1) is 7.11 Å². The van der Waals surface area contributed by atoms with Gasteiger partial charge in [-0.3, -0.25) is 0 Å². The molecule has 1 aromatic carbocycles. The zero-order chi connectivity index (χ0) is 10.7. The van der Waals surface area contributed by atoms with Gasteiger partial charge >= 0.3 is 0 Å². The van der Waals surface area contributed by atoms with Gasteiger partial charge in [-0.1, -0.05) is 19.1 Å². The van der Waals surface area contributed by atoms with E-state index in [0.29, 0.717) is 5.75 Å². The fourth-order valence-corrected chi connectivity index (χ4v) is 1.46. The zero-order valence-electron chi connectivity index (χ0n) is 8.92. The molecule has 2 nitrogen and oxygen atoms in total. The number of hydrogen-bond acceptors (Lipinski definition) is 2. The van der Waals surface area contributed by atoms with Crippen molar-refractivity contribution in [3.8, 4) is 11.5 Å². The molecule has 76 valence electrons. The minimum Gasteiger partial charge on any atom is -0.504 e. The van der Waals surface area contributed by atoms with E-state index >= 15 is 0 Å². The Kier molecular flexibility index (Phi) is 3.18. The first-order valence-electron chi connectivity index (χ1n) is 4.65. The maximum Gasteiger partial charge on any atom is 0.161 e. The fraction of sp³-hybridized carbons (Fsp3) is 0.333. The van der Waals surface area contributed by atoms with Crippen LogP contribution in [-0.4, -0.2) is 12.2 Å². The van der Waals surface area contributed by atoms with Crippen LogP contribution >= 0.6 is 0 Å². The molecule has 0 aromatic heterocycles. The number of phenolic OH excluding ortho intramolecular Hbond substituents is 1. The monoisotopic (exact) mass is 192 g/mol. The van der Waals surface area contributed by atoms with E-state index in [1.807, 2.05) is 19.9 Å². The van der Waals surface area contributed by atoms with Gasteiger partial charge in [-0.25, -0.2) is 0 Å². The molecular weight excluding hydrogens is 176 g/mol. The molecule has 0 saturated carbocycles. The average molecular weight is 192 g/mol. The molecule has 0 unspecified atom stereocenters. The number of hydrogen-bond donors (Lipinski definition) is 1. The van der Waals surface area contributed by atoms with E-state index in [-0.39, 0.29) is 5.75 Å². The number of aromatic hydroxyl groups is 1. The van der Waals surface area contributed by atoms with Gasteiger partial charge in [-0.2, -0.15) is 0 Å². The number of phenols is 1. The number of methoxy groups -OCH3 is 1. The molecule has 14 heavy (non-hydrogen) atoms. The Morgan fingerprint density at radius 3 is 2.57 bits per heavy atom. The Bertz CT molecular complexity index is 354. The maximum absolute atomic E-state index is 9.57. The van der Waals surface area contributed by atoms with Gasteiger partial charge in [0.1, 0.15) is 0 Å². The van der Waals surface area contributed by atoms with Gasteiger partial charge in [-0.05, 0) is 36.6 Å². The van der Waals surface area contributed by atoms with E-state index in [4.69, 9.17) is 4.74 Å². The maximum atomic E-state index is 9.57. The van der Waals surface area contributed by atoms with Gasteiger partial charge < -0.3 is 9.84 Å². The molecule has 0 aliphatic rings. The summed E-state index contributed by atoms with van der Waals surface area (Å²) in [6, 6.07) is 3.57. The molecule has 1 rings (SSSR count). The molecule has 0 saturated heterocycles. The van der Waals surface area contributed by atoms with Gasteiger partial charge in [0.2, 0.25) is 0 Å². The standard InChI is InChI=1S/C12H16O2/c1-5-9-6-11(13)12(14-4)7-10(9)8(2)3/h6-7,13H,2,5H2,1,3-4H3. The predicted molar refractivity (Wildman–Crippen MR) is 58.7 cm³/mol. The van der Waals surface area contributed by atoms with E-state index in [1.165, 1.54) is 0 Å². The third-order valence-electron chi connectivity index (χ3n) is 2.25. The van der Waals surface area contributed by atoms with Crippen molar-refractivity contribution in [1.82, 2.24) is 0 Å². The van der Waals surface area contributed by atoms with Crippen molar-refractivity contribution in [2.75, 3.05) is 7.11 Å². The second kappa shape index (κ2) is 4.18. The van der Waals surface area contributed by atoms with Crippen molar-refractivity contribution < 1.29 is 9.84 Å². The number of rotatable bonds is 3. The molecule has 0 amide bonds. The molecule has 2 heteroatoms. The van der Waals surface area contributed by atoms with Crippen LogP contribution in [0.5, 0.6) is 11.5 Å². The van der Waals surface area contributed by atoms with Crippen molar-refractivity contribution in [3.63, 3.8) is 0 Å². The Labute approximate surface area is 84.8 Å². The molecule has 0 fully saturated rings. The topological polar surface area (TPSA) is 29.5 Å². The number of allylic oxidation sites excluding steroid dienone is 1. The smallest absolute Gasteiger partial charge is 0.161 e. The summed E-state index contributed by atoms with van der Waals surface area (Å²) in [5.41, 5.74) is 3.14. The van der Waals surface area contributed by atoms with Crippen LogP contribution in [0.2, 0.25) is 0 Å². The van der Waals surface area contributed by atoms with Gasteiger partial charge in [-0.15, -0.1) is 0 Å². The molecule has 1 N–H and O–H groups in total. The zero-order valence-corrected chi connectivity index (χ0v) is 8.92. The number of benzene rings is 1. The lowest BCUT2D eigenvalue weighted by molar-refractivity contribution is 0.373. The van der Waals surface area contributed by atoms with E-state index < -0.39 is 0 Å². The van der Waals surface area contributed by atoms with Crippen LogP contribution in [0.15, 0.2) is 18.7 Å². The van der Waals surface area contributed by atoms with Gasteiger partial charge in [0.15, 0.2) is 11.5 Å². The van der Waals surface area contributed by atoms with Crippen LogP contribution in [0, 0.1) is 0 Å². The highest BCUT2D eigenvalue weighted by molar-refractivity contribution is 5.68. The fourth-order valence-electron chi connectivity index (χ4n) is 1.46. The number of ether oxygens (including phenoxy) is 1. The first-order valence-corrected chi connectivity index (χ1v) is 4.65. The number of aryl methyl sites for hydroxylation is 1. The summed E-state index contributed by atoms with van der Waals surface area (Å²) in [7, 11) is 1.54. The average Bonchev–Trinajstić information content (AvgIpc) is 2.16. The van der Waals surface area contributed by atoms with E-state index in [0.717, 1.165) is 23.1 Å². The van der Waals surface area contributed by atoms with E-state index in [9.17, 15) is 5.11 Å². The van der Waals surface area contributed by atoms with Crippen LogP contribution in [-0.2, 0) is 6.42 Å². The second-order valence-electron chi connectivity index (χ2n) is 3.32. The summed E-state index contributed by atoms with van der Waals surface area (Å²) in [6.45, 7) is 7.90. The van der Waals surface area contributed by atoms with E-state index in [2.05, 4.69) is 6.58 Å². The Morgan fingerprint density at radius 2 is 2.14 bits per heavy atom. The highest BCUT2D eigenvalue weighted by Gasteiger charge is 2.08. The van der Waals surface area contributed by atoms with Crippen molar-refractivity contribution in [3.05, 3.63) is 29.8 Å². The molecule has 0 aliphatic carbocycles. The lowest BCUT2D eigenvalue weighted by atomic mass is 9.99. The summed E-state index contributed by atoms with van der Waals surface area (Å²) in [5, 5.41) is 9.57. The summed E-state index contributed by atoms with van der Waals surface area (Å²) >= 11 is 0. The van der Waals surface area contributed by atoms with Crippen LogP contribution < -0.4 is 4.74 Å². The van der Waals surface area contributed by atoms with Crippen LogP contribution in [0.25, 0.3) is 5.57 Å². The quantitative estimate of drug-likeness (QED) is 0.797. The normalized spacial score (nSPS) is 9.93. The third kappa shape index (κ3) is 1.90. The molecular formula is C12H16O2. The largest absolute Gasteiger partial charge is 0.504 e. The van der Waals surface area contributed by atoms with Gasteiger partial charge in [0, 0.05) is 0 Å². The van der Waals surface area contributed by atoms with Crippen LogP contribution in [0.1, 0.15) is 25.0 Å². The Hall–Kier alpha value is -1.44.